The molecule has 1 heterocycles. The maximum absolute atomic E-state index is 11.6. The number of ether oxygens (including phenoxy) is 1. The maximum Gasteiger partial charge on any atom is 0.373 e. The van der Waals surface area contributed by atoms with Gasteiger partial charge in [-0.1, -0.05) is 29.3 Å². The fraction of sp³-hybridized carbons (Fsp3) is 0.111. The van der Waals surface area contributed by atoms with E-state index in [0.717, 1.165) is 11.1 Å². The topological polar surface area (TPSA) is 90.2 Å². The monoisotopic (exact) mass is 404 g/mol. The lowest BCUT2D eigenvalue weighted by atomic mass is 10.1. The van der Waals surface area contributed by atoms with Gasteiger partial charge in [-0.15, -0.1) is 0 Å². The molecule has 0 radical (unpaired) electrons. The van der Waals surface area contributed by atoms with Crippen molar-refractivity contribution in [2.24, 2.45) is 0 Å². The van der Waals surface area contributed by atoms with Gasteiger partial charge in [0.25, 0.3) is 0 Å². The summed E-state index contributed by atoms with van der Waals surface area (Å²) in [5.41, 5.74) is 1.95. The quantitative estimate of drug-likeness (QED) is 0.423. The summed E-state index contributed by atoms with van der Waals surface area (Å²) < 4.78 is 5.67. The summed E-state index contributed by atoms with van der Waals surface area (Å²) in [5.74, 6) is 0.232. The molecule has 0 fully saturated rings. The van der Waals surface area contributed by atoms with E-state index in [4.69, 9.17) is 27.9 Å². The van der Waals surface area contributed by atoms with Gasteiger partial charge in [-0.2, -0.15) is 4.98 Å². The molecule has 0 saturated heterocycles. The molecule has 3 aromatic rings. The largest absolute Gasteiger partial charge is 0.434 e. The van der Waals surface area contributed by atoms with Gasteiger partial charge in [0.05, 0.1) is 15.6 Å². The highest BCUT2D eigenvalue weighted by atomic mass is 35.5. The molecule has 138 valence electrons. The number of aromatic nitrogens is 2. The normalized spacial score (nSPS) is 10.5. The van der Waals surface area contributed by atoms with Crippen LogP contribution in [0.5, 0.6) is 11.6 Å². The molecular weight excluding hydrogens is 391 g/mol. The van der Waals surface area contributed by atoms with Crippen LogP contribution in [0.4, 0.5) is 17.2 Å². The molecule has 0 aliphatic carbocycles. The van der Waals surface area contributed by atoms with Crippen molar-refractivity contribution in [3.05, 3.63) is 74.0 Å². The number of benzene rings is 2. The maximum atomic E-state index is 11.6. The van der Waals surface area contributed by atoms with E-state index in [1.807, 2.05) is 19.9 Å². The Bertz CT molecular complexity index is 1010. The zero-order chi connectivity index (χ0) is 19.6. The average Bonchev–Trinajstić information content (AvgIpc) is 2.56. The first-order valence-electron chi connectivity index (χ1n) is 7.81. The predicted octanol–water partition coefficient (Wildman–Crippen LogP) is 5.84. The van der Waals surface area contributed by atoms with E-state index >= 15 is 0 Å². The Morgan fingerprint density at radius 3 is 2.41 bits per heavy atom. The smallest absolute Gasteiger partial charge is 0.373 e. The second-order valence-corrected chi connectivity index (χ2v) is 6.65. The lowest BCUT2D eigenvalue weighted by Gasteiger charge is -2.11. The van der Waals surface area contributed by atoms with E-state index in [1.54, 1.807) is 24.3 Å². The molecule has 1 N–H and O–H groups in total. The highest BCUT2D eigenvalue weighted by molar-refractivity contribution is 6.36. The number of nitrogens with one attached hydrogen (secondary N) is 1. The van der Waals surface area contributed by atoms with Gasteiger partial charge in [0.1, 0.15) is 12.1 Å². The Labute approximate surface area is 165 Å². The van der Waals surface area contributed by atoms with Crippen molar-refractivity contribution in [1.82, 2.24) is 9.97 Å². The van der Waals surface area contributed by atoms with Gasteiger partial charge in [-0.25, -0.2) is 4.98 Å². The lowest BCUT2D eigenvalue weighted by Crippen LogP contribution is -2.04. The van der Waals surface area contributed by atoms with Crippen molar-refractivity contribution in [2.75, 3.05) is 5.32 Å². The molecule has 0 spiro atoms. The highest BCUT2D eigenvalue weighted by Gasteiger charge is 2.25. The third kappa shape index (κ3) is 4.45. The Hall–Kier alpha value is -2.90. The number of anilines is 2. The predicted molar refractivity (Wildman–Crippen MR) is 104 cm³/mol. The van der Waals surface area contributed by atoms with E-state index < -0.39 is 10.6 Å². The Balaban J connectivity index is 2.00. The zero-order valence-corrected chi connectivity index (χ0v) is 15.9. The average molecular weight is 405 g/mol. The second kappa shape index (κ2) is 7.77. The van der Waals surface area contributed by atoms with Crippen molar-refractivity contribution < 1.29 is 9.66 Å². The van der Waals surface area contributed by atoms with E-state index in [2.05, 4.69) is 15.3 Å². The van der Waals surface area contributed by atoms with Crippen LogP contribution < -0.4 is 10.1 Å². The summed E-state index contributed by atoms with van der Waals surface area (Å²) in [5, 5.41) is 15.2. The minimum absolute atomic E-state index is 0.0430. The molecule has 0 aliphatic heterocycles. The third-order valence-corrected chi connectivity index (χ3v) is 4.11. The van der Waals surface area contributed by atoms with Crippen molar-refractivity contribution in [2.45, 2.75) is 13.8 Å². The summed E-state index contributed by atoms with van der Waals surface area (Å²) in [4.78, 5) is 18.9. The minimum Gasteiger partial charge on any atom is -0.434 e. The zero-order valence-electron chi connectivity index (χ0n) is 14.4. The first-order chi connectivity index (χ1) is 12.8. The summed E-state index contributed by atoms with van der Waals surface area (Å²) in [6, 6.07) is 10.2. The third-order valence-electron chi connectivity index (χ3n) is 3.57. The van der Waals surface area contributed by atoms with E-state index in [-0.39, 0.29) is 11.7 Å². The van der Waals surface area contributed by atoms with Crippen LogP contribution in [0.25, 0.3) is 0 Å². The van der Waals surface area contributed by atoms with Gasteiger partial charge in [0.15, 0.2) is 0 Å². The molecule has 27 heavy (non-hydrogen) atoms. The fourth-order valence-corrected chi connectivity index (χ4v) is 2.97. The molecule has 0 aliphatic rings. The van der Waals surface area contributed by atoms with Crippen LogP contribution in [0, 0.1) is 24.0 Å². The Morgan fingerprint density at radius 1 is 1.07 bits per heavy atom. The molecule has 0 amide bonds. The van der Waals surface area contributed by atoms with E-state index in [1.165, 1.54) is 12.4 Å². The van der Waals surface area contributed by atoms with Crippen LogP contribution >= 0.6 is 23.2 Å². The van der Waals surface area contributed by atoms with Crippen molar-refractivity contribution >= 4 is 40.4 Å². The molecule has 0 unspecified atom stereocenters. The van der Waals surface area contributed by atoms with Gasteiger partial charge in [-0.05, 0) is 55.3 Å². The van der Waals surface area contributed by atoms with Crippen LogP contribution in [0.3, 0.4) is 0 Å². The summed E-state index contributed by atoms with van der Waals surface area (Å²) >= 11 is 12.0. The molecule has 1 aromatic heterocycles. The number of hydrogen-bond acceptors (Lipinski definition) is 6. The van der Waals surface area contributed by atoms with Crippen LogP contribution in [0.15, 0.2) is 42.7 Å². The Kier molecular flexibility index (Phi) is 5.43. The summed E-state index contributed by atoms with van der Waals surface area (Å²) in [7, 11) is 0. The number of nitro groups is 1. The number of rotatable bonds is 5. The summed E-state index contributed by atoms with van der Waals surface area (Å²) in [6.45, 7) is 3.81. The first kappa shape index (κ1) is 18.9. The molecule has 0 saturated carbocycles. The van der Waals surface area contributed by atoms with Gasteiger partial charge in [0.2, 0.25) is 5.82 Å². The minimum atomic E-state index is -0.607. The SMILES string of the molecule is Cc1cc(C)cc(Oc2ncnc(Nc3ccc(Cl)cc3Cl)c2[N+](=O)[O-])c1. The second-order valence-electron chi connectivity index (χ2n) is 5.81. The molecule has 0 atom stereocenters. The van der Waals surface area contributed by atoms with Crippen LogP contribution in [0.1, 0.15) is 11.1 Å². The van der Waals surface area contributed by atoms with E-state index in [0.29, 0.717) is 21.5 Å². The lowest BCUT2D eigenvalue weighted by molar-refractivity contribution is -0.385. The molecule has 7 nitrogen and oxygen atoms in total. The van der Waals surface area contributed by atoms with Gasteiger partial charge < -0.3 is 10.1 Å². The van der Waals surface area contributed by atoms with E-state index in [9.17, 15) is 10.1 Å². The number of halogens is 2. The van der Waals surface area contributed by atoms with Crippen molar-refractivity contribution in [1.29, 1.82) is 0 Å². The molecule has 2 aromatic carbocycles. The van der Waals surface area contributed by atoms with Crippen molar-refractivity contribution in [3.8, 4) is 11.6 Å². The highest BCUT2D eigenvalue weighted by Crippen LogP contribution is 2.37. The fourth-order valence-electron chi connectivity index (χ4n) is 2.52. The standard InChI is InChI=1S/C18H14Cl2N4O3/c1-10-5-11(2)7-13(6-10)27-18-16(24(25)26)17(21-9-22-18)23-15-4-3-12(19)8-14(15)20/h3-9H,1-2H3,(H,21,22,23). The first-order valence-corrected chi connectivity index (χ1v) is 8.56. The number of nitrogens with zero attached hydrogens (tertiary/aromatic N) is 3. The van der Waals surface area contributed by atoms with Crippen LogP contribution in [-0.4, -0.2) is 14.9 Å². The molecular formula is C18H14Cl2N4O3. The van der Waals surface area contributed by atoms with Crippen molar-refractivity contribution in [3.63, 3.8) is 0 Å². The molecule has 0 bridgehead atoms. The Morgan fingerprint density at radius 2 is 1.78 bits per heavy atom. The van der Waals surface area contributed by atoms with Gasteiger partial charge >= 0.3 is 11.6 Å². The molecule has 9 heteroatoms. The van der Waals surface area contributed by atoms with Crippen LogP contribution in [0.2, 0.25) is 10.0 Å². The number of hydrogen-bond donors (Lipinski definition) is 1. The molecule has 3 rings (SSSR count). The van der Waals surface area contributed by atoms with Gasteiger partial charge in [0, 0.05) is 5.02 Å². The summed E-state index contributed by atoms with van der Waals surface area (Å²) in [6.07, 6.45) is 1.18. The van der Waals surface area contributed by atoms with Gasteiger partial charge in [-0.3, -0.25) is 10.1 Å². The van der Waals surface area contributed by atoms with Crippen LogP contribution in [-0.2, 0) is 0 Å². The number of aryl methyl sites for hydroxylation is 2.